The Labute approximate surface area is 173 Å². The molecule has 0 radical (unpaired) electrons. The van der Waals surface area contributed by atoms with Gasteiger partial charge in [-0.15, -0.1) is 0 Å². The van der Waals surface area contributed by atoms with E-state index in [1.54, 1.807) is 26.0 Å². The zero-order valence-electron chi connectivity index (χ0n) is 17.0. The number of ether oxygens (including phenoxy) is 2. The topological polar surface area (TPSA) is 93.1 Å². The molecule has 0 unspecified atom stereocenters. The van der Waals surface area contributed by atoms with Gasteiger partial charge in [-0.25, -0.2) is 0 Å². The molecular weight excluding hydrogens is 384 g/mol. The highest BCUT2D eigenvalue weighted by Crippen LogP contribution is 2.41. The van der Waals surface area contributed by atoms with Crippen LogP contribution in [0.4, 0.5) is 0 Å². The second kappa shape index (κ2) is 6.91. The number of phenolic OH excluding ortho intramolecular Hbond substituents is 2. The van der Waals surface area contributed by atoms with Crippen LogP contribution in [0.5, 0.6) is 11.5 Å². The maximum Gasteiger partial charge on any atom is 0.198 e. The number of ketones is 2. The summed E-state index contributed by atoms with van der Waals surface area (Å²) in [6, 6.07) is 6.46. The number of hydrogen-bond acceptors (Lipinski definition) is 6. The molecule has 152 valence electrons. The molecule has 2 aliphatic carbocycles. The second-order valence-corrected chi connectivity index (χ2v) is 7.32. The van der Waals surface area contributed by atoms with Gasteiger partial charge in [-0.3, -0.25) is 9.59 Å². The summed E-state index contributed by atoms with van der Waals surface area (Å²) in [5, 5.41) is 20.9. The number of benzene rings is 2. The minimum Gasteiger partial charge on any atom is -0.507 e. The van der Waals surface area contributed by atoms with Crippen LogP contribution in [0.1, 0.15) is 43.0 Å². The minimum atomic E-state index is -0.506. The average molecular weight is 404 g/mol. The Morgan fingerprint density at radius 3 is 1.37 bits per heavy atom. The second-order valence-electron chi connectivity index (χ2n) is 7.32. The Bertz CT molecular complexity index is 1130. The Morgan fingerprint density at radius 1 is 0.667 bits per heavy atom. The number of carbonyl (C=O) groups is 2. The molecule has 30 heavy (non-hydrogen) atoms. The Balaban J connectivity index is 2.02. The highest BCUT2D eigenvalue weighted by atomic mass is 16.5. The Morgan fingerprint density at radius 2 is 1.03 bits per heavy atom. The van der Waals surface area contributed by atoms with Crippen molar-refractivity contribution >= 4 is 23.1 Å². The van der Waals surface area contributed by atoms with Gasteiger partial charge >= 0.3 is 0 Å². The van der Waals surface area contributed by atoms with Crippen molar-refractivity contribution in [2.45, 2.75) is 13.8 Å². The molecule has 4 rings (SSSR count). The van der Waals surface area contributed by atoms with E-state index in [0.29, 0.717) is 22.6 Å². The van der Waals surface area contributed by atoms with E-state index in [9.17, 15) is 19.8 Å². The molecule has 0 bridgehead atoms. The molecule has 2 aliphatic rings. The van der Waals surface area contributed by atoms with Crippen LogP contribution in [-0.4, -0.2) is 36.0 Å². The molecule has 2 aromatic rings. The third kappa shape index (κ3) is 2.80. The lowest BCUT2D eigenvalue weighted by molar-refractivity contribution is 0.0998. The Kier molecular flexibility index (Phi) is 4.50. The van der Waals surface area contributed by atoms with Gasteiger partial charge in [0.25, 0.3) is 0 Å². The normalized spacial score (nSPS) is 17.7. The summed E-state index contributed by atoms with van der Waals surface area (Å²) >= 11 is 0. The largest absolute Gasteiger partial charge is 0.507 e. The van der Waals surface area contributed by atoms with E-state index in [2.05, 4.69) is 0 Å². The number of carbonyl (C=O) groups excluding carboxylic acids is 2. The predicted molar refractivity (Wildman–Crippen MR) is 111 cm³/mol. The van der Waals surface area contributed by atoms with E-state index >= 15 is 0 Å². The molecule has 0 aliphatic heterocycles. The van der Waals surface area contributed by atoms with Crippen molar-refractivity contribution in [2.75, 3.05) is 14.2 Å². The van der Waals surface area contributed by atoms with Gasteiger partial charge in [0.1, 0.15) is 23.0 Å². The van der Waals surface area contributed by atoms with E-state index in [0.717, 1.165) is 11.1 Å². The summed E-state index contributed by atoms with van der Waals surface area (Å²) in [6.07, 6.45) is 2.97. The highest BCUT2D eigenvalue weighted by molar-refractivity contribution is 6.26. The molecule has 0 spiro atoms. The summed E-state index contributed by atoms with van der Waals surface area (Å²) in [5.41, 5.74) is 2.71. The number of aromatic hydroxyl groups is 2. The highest BCUT2D eigenvalue weighted by Gasteiger charge is 2.34. The molecule has 0 amide bonds. The van der Waals surface area contributed by atoms with Crippen molar-refractivity contribution in [3.63, 3.8) is 0 Å². The number of methoxy groups -OCH3 is 2. The van der Waals surface area contributed by atoms with Gasteiger partial charge in [0.05, 0.1) is 25.3 Å². The molecular formula is C24H20O6. The number of Topliss-reactive ketones (excluding diaryl/α,β-unsaturated/α-hetero) is 2. The van der Waals surface area contributed by atoms with Crippen molar-refractivity contribution in [1.29, 1.82) is 0 Å². The predicted octanol–water partition coefficient (Wildman–Crippen LogP) is 4.08. The molecule has 6 nitrogen and oxygen atoms in total. The van der Waals surface area contributed by atoms with Crippen LogP contribution in [0.25, 0.3) is 11.5 Å². The summed E-state index contributed by atoms with van der Waals surface area (Å²) in [6.45, 7) is 3.59. The van der Waals surface area contributed by atoms with Crippen molar-refractivity contribution in [3.05, 3.63) is 80.9 Å². The first-order valence-electron chi connectivity index (χ1n) is 9.29. The molecule has 0 heterocycles. The van der Waals surface area contributed by atoms with Crippen LogP contribution in [-0.2, 0) is 9.47 Å². The lowest BCUT2D eigenvalue weighted by Gasteiger charge is -2.24. The number of rotatable bonds is 2. The van der Waals surface area contributed by atoms with Crippen molar-refractivity contribution in [2.24, 2.45) is 0 Å². The monoisotopic (exact) mass is 404 g/mol. The molecule has 0 atom stereocenters. The SMILES string of the molecule is COC1=CC(=C2C=C(OC)c3cc(C)cc(O)c3C2=O)C(=O)c2c(O)cc(C)cc21. The summed E-state index contributed by atoms with van der Waals surface area (Å²) < 4.78 is 10.9. The van der Waals surface area contributed by atoms with Gasteiger partial charge in [-0.05, 0) is 61.4 Å². The third-order valence-electron chi connectivity index (χ3n) is 5.28. The fourth-order valence-electron chi connectivity index (χ4n) is 3.96. The van der Waals surface area contributed by atoms with Gasteiger partial charge < -0.3 is 19.7 Å². The zero-order chi connectivity index (χ0) is 21.7. The lowest BCUT2D eigenvalue weighted by atomic mass is 9.81. The third-order valence-corrected chi connectivity index (χ3v) is 5.28. The number of aryl methyl sites for hydroxylation is 2. The fraction of sp³-hybridized carbons (Fsp3) is 0.167. The van der Waals surface area contributed by atoms with E-state index in [1.165, 1.54) is 38.5 Å². The molecule has 0 fully saturated rings. The van der Waals surface area contributed by atoms with Crippen molar-refractivity contribution in [3.8, 4) is 11.5 Å². The van der Waals surface area contributed by atoms with E-state index in [1.807, 2.05) is 0 Å². The fourth-order valence-corrected chi connectivity index (χ4v) is 3.96. The first-order valence-corrected chi connectivity index (χ1v) is 9.29. The van der Waals surface area contributed by atoms with Crippen molar-refractivity contribution < 1.29 is 29.3 Å². The number of hydrogen-bond donors (Lipinski definition) is 2. The molecule has 6 heteroatoms. The number of phenols is 2. The van der Waals surface area contributed by atoms with Gasteiger partial charge in [-0.1, -0.05) is 0 Å². The average Bonchev–Trinajstić information content (AvgIpc) is 2.68. The van der Waals surface area contributed by atoms with Gasteiger partial charge in [0.15, 0.2) is 11.6 Å². The van der Waals surface area contributed by atoms with Gasteiger partial charge in [0, 0.05) is 22.3 Å². The minimum absolute atomic E-state index is 0.0590. The van der Waals surface area contributed by atoms with Crippen LogP contribution >= 0.6 is 0 Å². The quantitative estimate of drug-likeness (QED) is 0.733. The molecule has 0 saturated heterocycles. The standard InChI is InChI=1S/C24H20O6/c1-11-5-15-19(29-3)9-13(23(27)21(15)17(25)7-11)14-10-20(30-4)16-6-12(2)8-18(26)22(16)24(14)28/h5-10,25-26H,1-4H3. The van der Waals surface area contributed by atoms with Crippen LogP contribution in [0.2, 0.25) is 0 Å². The van der Waals surface area contributed by atoms with Gasteiger partial charge in [0.2, 0.25) is 0 Å². The van der Waals surface area contributed by atoms with Gasteiger partial charge in [-0.2, -0.15) is 0 Å². The van der Waals surface area contributed by atoms with Crippen LogP contribution < -0.4 is 0 Å². The smallest absolute Gasteiger partial charge is 0.198 e. The summed E-state index contributed by atoms with van der Waals surface area (Å²) in [5.74, 6) is -0.681. The first kappa shape index (κ1) is 19.5. The van der Waals surface area contributed by atoms with Crippen LogP contribution in [0.3, 0.4) is 0 Å². The van der Waals surface area contributed by atoms with E-state index in [4.69, 9.17) is 9.47 Å². The number of fused-ring (bicyclic) bond motifs is 2. The maximum absolute atomic E-state index is 13.3. The van der Waals surface area contributed by atoms with E-state index in [-0.39, 0.29) is 33.8 Å². The Hall–Kier alpha value is -3.80. The molecule has 2 N–H and O–H groups in total. The molecule has 0 saturated carbocycles. The lowest BCUT2D eigenvalue weighted by Crippen LogP contribution is -2.20. The zero-order valence-corrected chi connectivity index (χ0v) is 17.0. The first-order chi connectivity index (χ1) is 14.3. The summed E-state index contributed by atoms with van der Waals surface area (Å²) in [4.78, 5) is 26.6. The van der Waals surface area contributed by atoms with Crippen LogP contribution in [0, 0.1) is 13.8 Å². The van der Waals surface area contributed by atoms with E-state index < -0.39 is 11.6 Å². The number of allylic oxidation sites excluding steroid dienone is 4. The van der Waals surface area contributed by atoms with Crippen molar-refractivity contribution in [1.82, 2.24) is 0 Å². The summed E-state index contributed by atoms with van der Waals surface area (Å²) in [7, 11) is 2.91. The molecule has 2 aromatic carbocycles. The molecule has 0 aromatic heterocycles. The maximum atomic E-state index is 13.3. The van der Waals surface area contributed by atoms with Crippen LogP contribution in [0.15, 0.2) is 47.6 Å².